The lowest BCUT2D eigenvalue weighted by Crippen LogP contribution is -2.31. The number of hydrogen-bond acceptors (Lipinski definition) is 3. The summed E-state index contributed by atoms with van der Waals surface area (Å²) in [5.41, 5.74) is 0.366. The van der Waals surface area contributed by atoms with E-state index in [4.69, 9.17) is 4.74 Å². The van der Waals surface area contributed by atoms with E-state index < -0.39 is 5.41 Å². The molecule has 13 heavy (non-hydrogen) atoms. The summed E-state index contributed by atoms with van der Waals surface area (Å²) in [5, 5.41) is 0. The number of hydrogen-bond donors (Lipinski definition) is 0. The van der Waals surface area contributed by atoms with Crippen molar-refractivity contribution in [2.75, 3.05) is 20.3 Å². The van der Waals surface area contributed by atoms with Crippen molar-refractivity contribution in [3.63, 3.8) is 0 Å². The van der Waals surface area contributed by atoms with Gasteiger partial charge >= 0.3 is 5.97 Å². The van der Waals surface area contributed by atoms with Crippen LogP contribution in [-0.4, -0.2) is 26.3 Å². The molecule has 0 saturated heterocycles. The van der Waals surface area contributed by atoms with Gasteiger partial charge in [0.25, 0.3) is 0 Å². The number of ether oxygens (including phenoxy) is 2. The topological polar surface area (TPSA) is 35.5 Å². The van der Waals surface area contributed by atoms with E-state index in [9.17, 15) is 4.79 Å². The second kappa shape index (κ2) is 5.02. The Hall–Kier alpha value is -0.830. The van der Waals surface area contributed by atoms with Crippen LogP contribution in [-0.2, 0) is 14.3 Å². The molecule has 0 unspecified atom stereocenters. The quantitative estimate of drug-likeness (QED) is 0.485. The minimum atomic E-state index is -0.579. The van der Waals surface area contributed by atoms with Gasteiger partial charge in [0.05, 0.1) is 25.7 Å². The molecule has 0 saturated carbocycles. The molecule has 76 valence electrons. The van der Waals surface area contributed by atoms with Gasteiger partial charge in [-0.15, -0.1) is 0 Å². The van der Waals surface area contributed by atoms with Gasteiger partial charge in [0.15, 0.2) is 0 Å². The first-order valence-corrected chi connectivity index (χ1v) is 4.20. The Morgan fingerprint density at radius 2 is 2.00 bits per heavy atom. The van der Waals surface area contributed by atoms with E-state index in [2.05, 4.69) is 11.3 Å². The summed E-state index contributed by atoms with van der Waals surface area (Å²) >= 11 is 0. The summed E-state index contributed by atoms with van der Waals surface area (Å²) < 4.78 is 9.91. The van der Waals surface area contributed by atoms with Gasteiger partial charge in [-0.05, 0) is 20.8 Å². The Morgan fingerprint density at radius 1 is 1.46 bits per heavy atom. The van der Waals surface area contributed by atoms with Crippen LogP contribution in [0.15, 0.2) is 12.2 Å². The number of esters is 1. The normalized spacial score (nSPS) is 11.1. The molecule has 0 fully saturated rings. The lowest BCUT2D eigenvalue weighted by Gasteiger charge is -2.21. The van der Waals surface area contributed by atoms with Gasteiger partial charge in [0, 0.05) is 0 Å². The zero-order valence-corrected chi connectivity index (χ0v) is 8.85. The SMILES string of the molecule is C=C(C)COCC(C)(C)C(=O)OC. The summed E-state index contributed by atoms with van der Waals surface area (Å²) in [4.78, 5) is 11.2. The molecule has 3 nitrogen and oxygen atoms in total. The first-order chi connectivity index (χ1) is 5.90. The van der Waals surface area contributed by atoms with E-state index in [1.807, 2.05) is 6.92 Å². The third-order valence-electron chi connectivity index (χ3n) is 1.55. The third-order valence-corrected chi connectivity index (χ3v) is 1.55. The molecular formula is C10H18O3. The van der Waals surface area contributed by atoms with Crippen LogP contribution in [0.3, 0.4) is 0 Å². The molecule has 0 radical (unpaired) electrons. The van der Waals surface area contributed by atoms with Crippen LogP contribution in [0.1, 0.15) is 20.8 Å². The maximum absolute atomic E-state index is 11.2. The predicted molar refractivity (Wildman–Crippen MR) is 51.4 cm³/mol. The van der Waals surface area contributed by atoms with Crippen LogP contribution < -0.4 is 0 Å². The van der Waals surface area contributed by atoms with Crippen molar-refractivity contribution in [3.8, 4) is 0 Å². The molecular weight excluding hydrogens is 168 g/mol. The fourth-order valence-electron chi connectivity index (χ4n) is 0.816. The molecule has 0 aromatic carbocycles. The number of rotatable bonds is 5. The third kappa shape index (κ3) is 4.68. The van der Waals surface area contributed by atoms with Crippen LogP contribution in [0.2, 0.25) is 0 Å². The molecule has 0 atom stereocenters. The Bertz CT molecular complexity index is 194. The minimum Gasteiger partial charge on any atom is -0.469 e. The lowest BCUT2D eigenvalue weighted by atomic mass is 9.95. The van der Waals surface area contributed by atoms with Gasteiger partial charge in [-0.1, -0.05) is 12.2 Å². The summed E-state index contributed by atoms with van der Waals surface area (Å²) in [5.74, 6) is -0.255. The summed E-state index contributed by atoms with van der Waals surface area (Å²) in [6, 6.07) is 0. The highest BCUT2D eigenvalue weighted by Gasteiger charge is 2.28. The fourth-order valence-corrected chi connectivity index (χ4v) is 0.816. The fraction of sp³-hybridized carbons (Fsp3) is 0.700. The van der Waals surface area contributed by atoms with Crippen molar-refractivity contribution in [1.29, 1.82) is 0 Å². The van der Waals surface area contributed by atoms with Crippen LogP contribution in [0.25, 0.3) is 0 Å². The van der Waals surface area contributed by atoms with Crippen LogP contribution in [0.4, 0.5) is 0 Å². The molecule has 0 aromatic rings. The number of methoxy groups -OCH3 is 1. The van der Waals surface area contributed by atoms with Gasteiger partial charge in [0.2, 0.25) is 0 Å². The first-order valence-electron chi connectivity index (χ1n) is 4.20. The van der Waals surface area contributed by atoms with Crippen molar-refractivity contribution in [2.24, 2.45) is 5.41 Å². The van der Waals surface area contributed by atoms with Gasteiger partial charge in [-0.25, -0.2) is 0 Å². The van der Waals surface area contributed by atoms with Crippen molar-refractivity contribution < 1.29 is 14.3 Å². The summed E-state index contributed by atoms with van der Waals surface area (Å²) in [7, 11) is 1.38. The van der Waals surface area contributed by atoms with E-state index >= 15 is 0 Å². The molecule has 0 rings (SSSR count). The van der Waals surface area contributed by atoms with Crippen LogP contribution >= 0.6 is 0 Å². The second-order valence-corrected chi connectivity index (χ2v) is 3.83. The summed E-state index contributed by atoms with van der Waals surface area (Å²) in [6.45, 7) is 10.00. The average Bonchev–Trinajstić information content (AvgIpc) is 2.01. The van der Waals surface area contributed by atoms with Crippen LogP contribution in [0.5, 0.6) is 0 Å². The van der Waals surface area contributed by atoms with Gasteiger partial charge in [-0.2, -0.15) is 0 Å². The Balaban J connectivity index is 3.89. The highest BCUT2D eigenvalue weighted by atomic mass is 16.5. The molecule has 0 aromatic heterocycles. The molecule has 0 aliphatic rings. The largest absolute Gasteiger partial charge is 0.469 e. The molecule has 0 bridgehead atoms. The molecule has 0 amide bonds. The number of carbonyl (C=O) groups excluding carboxylic acids is 1. The monoisotopic (exact) mass is 186 g/mol. The maximum Gasteiger partial charge on any atom is 0.313 e. The smallest absolute Gasteiger partial charge is 0.313 e. The van der Waals surface area contributed by atoms with E-state index in [1.165, 1.54) is 7.11 Å². The lowest BCUT2D eigenvalue weighted by molar-refractivity contribution is -0.153. The first kappa shape index (κ1) is 12.2. The van der Waals surface area contributed by atoms with Gasteiger partial charge in [-0.3, -0.25) is 4.79 Å². The minimum absolute atomic E-state index is 0.255. The van der Waals surface area contributed by atoms with E-state index in [0.29, 0.717) is 13.2 Å². The molecule has 0 N–H and O–H groups in total. The highest BCUT2D eigenvalue weighted by molar-refractivity contribution is 5.75. The second-order valence-electron chi connectivity index (χ2n) is 3.83. The standard InChI is InChI=1S/C10H18O3/c1-8(2)6-13-7-10(3,4)9(11)12-5/h1,6-7H2,2-5H3. The van der Waals surface area contributed by atoms with Crippen LogP contribution in [0, 0.1) is 5.41 Å². The summed E-state index contributed by atoms with van der Waals surface area (Å²) in [6.07, 6.45) is 0. The van der Waals surface area contributed by atoms with E-state index in [0.717, 1.165) is 5.57 Å². The Morgan fingerprint density at radius 3 is 2.38 bits per heavy atom. The molecule has 3 heteroatoms. The maximum atomic E-state index is 11.2. The van der Waals surface area contributed by atoms with Crippen molar-refractivity contribution in [3.05, 3.63) is 12.2 Å². The Kier molecular flexibility index (Phi) is 4.70. The molecule has 0 aliphatic carbocycles. The molecule has 0 aliphatic heterocycles. The molecule has 0 spiro atoms. The van der Waals surface area contributed by atoms with Crippen molar-refractivity contribution >= 4 is 5.97 Å². The van der Waals surface area contributed by atoms with E-state index in [1.54, 1.807) is 13.8 Å². The zero-order chi connectivity index (χ0) is 10.5. The van der Waals surface area contributed by atoms with E-state index in [-0.39, 0.29) is 5.97 Å². The highest BCUT2D eigenvalue weighted by Crippen LogP contribution is 2.17. The average molecular weight is 186 g/mol. The number of carbonyl (C=O) groups is 1. The predicted octanol–water partition coefficient (Wildman–Crippen LogP) is 1.78. The van der Waals surface area contributed by atoms with Crippen molar-refractivity contribution in [1.82, 2.24) is 0 Å². The van der Waals surface area contributed by atoms with Crippen molar-refractivity contribution in [2.45, 2.75) is 20.8 Å². The zero-order valence-electron chi connectivity index (χ0n) is 8.85. The Labute approximate surface area is 79.7 Å². The van der Waals surface area contributed by atoms with Gasteiger partial charge in [0.1, 0.15) is 0 Å². The van der Waals surface area contributed by atoms with Gasteiger partial charge < -0.3 is 9.47 Å². The molecule has 0 heterocycles.